The first-order valence-electron chi connectivity index (χ1n) is 6.44. The predicted molar refractivity (Wildman–Crippen MR) is 74.3 cm³/mol. The molecule has 1 aromatic heterocycles. The summed E-state index contributed by atoms with van der Waals surface area (Å²) >= 11 is 0. The monoisotopic (exact) mass is 251 g/mol. The van der Waals surface area contributed by atoms with Crippen molar-refractivity contribution in [1.29, 1.82) is 0 Å². The maximum absolute atomic E-state index is 9.18. The van der Waals surface area contributed by atoms with Gasteiger partial charge >= 0.3 is 0 Å². The summed E-state index contributed by atoms with van der Waals surface area (Å²) in [5.74, 6) is 0. The minimum absolute atomic E-state index is 0.0193. The Bertz CT molecular complexity index is 340. The molecule has 1 rings (SSSR count). The summed E-state index contributed by atoms with van der Waals surface area (Å²) in [5, 5.41) is 9.18. The van der Waals surface area contributed by atoms with E-state index >= 15 is 0 Å². The van der Waals surface area contributed by atoms with Crippen LogP contribution in [0.25, 0.3) is 0 Å². The normalized spacial score (nSPS) is 16.6. The highest BCUT2D eigenvalue weighted by Crippen LogP contribution is 2.12. The van der Waals surface area contributed by atoms with Gasteiger partial charge in [0.1, 0.15) is 0 Å². The lowest BCUT2D eigenvalue weighted by Gasteiger charge is -2.31. The van der Waals surface area contributed by atoms with E-state index in [9.17, 15) is 5.11 Å². The lowest BCUT2D eigenvalue weighted by molar-refractivity contribution is 0.154. The number of rotatable bonds is 7. The Kier molecular flexibility index (Phi) is 5.72. The first-order chi connectivity index (χ1) is 8.44. The summed E-state index contributed by atoms with van der Waals surface area (Å²) in [6, 6.07) is 6.32. The van der Waals surface area contributed by atoms with Crippen molar-refractivity contribution in [3.63, 3.8) is 0 Å². The lowest BCUT2D eigenvalue weighted by atomic mass is 9.95. The van der Waals surface area contributed by atoms with Crippen molar-refractivity contribution < 1.29 is 5.11 Å². The third-order valence-electron chi connectivity index (χ3n) is 3.32. The van der Waals surface area contributed by atoms with Gasteiger partial charge in [0.25, 0.3) is 0 Å². The second kappa shape index (κ2) is 6.83. The van der Waals surface area contributed by atoms with E-state index in [2.05, 4.69) is 23.9 Å². The molecule has 0 aliphatic rings. The van der Waals surface area contributed by atoms with Crippen LogP contribution in [-0.2, 0) is 6.42 Å². The molecule has 0 saturated heterocycles. The molecule has 0 aliphatic carbocycles. The highest BCUT2D eigenvalue weighted by Gasteiger charge is 2.22. The molecule has 0 aliphatic heterocycles. The van der Waals surface area contributed by atoms with Crippen molar-refractivity contribution in [1.82, 2.24) is 9.88 Å². The minimum Gasteiger partial charge on any atom is -0.394 e. The molecule has 1 aromatic rings. The average molecular weight is 251 g/mol. The molecule has 2 atom stereocenters. The molecule has 3 N–H and O–H groups in total. The number of nitrogens with zero attached hydrogens (tertiary/aromatic N) is 2. The van der Waals surface area contributed by atoms with Crippen LogP contribution in [0.1, 0.15) is 26.0 Å². The van der Waals surface area contributed by atoms with Crippen molar-refractivity contribution in [3.8, 4) is 0 Å². The number of likely N-dealkylation sites (N-methyl/N-ethyl adjacent to an activating group) is 1. The molecule has 0 aromatic carbocycles. The highest BCUT2D eigenvalue weighted by molar-refractivity contribution is 5.03. The summed E-state index contributed by atoms with van der Waals surface area (Å²) in [6.07, 6.45) is 3.53. The summed E-state index contributed by atoms with van der Waals surface area (Å²) < 4.78 is 0. The van der Waals surface area contributed by atoms with Gasteiger partial charge in [0.15, 0.2) is 0 Å². The molecule has 0 radical (unpaired) electrons. The van der Waals surface area contributed by atoms with Crippen LogP contribution in [0.5, 0.6) is 0 Å². The van der Waals surface area contributed by atoms with Crippen LogP contribution in [0.4, 0.5) is 0 Å². The van der Waals surface area contributed by atoms with Gasteiger partial charge in [-0.2, -0.15) is 0 Å². The van der Waals surface area contributed by atoms with Crippen LogP contribution in [0, 0.1) is 0 Å². The Morgan fingerprint density at radius 3 is 2.78 bits per heavy atom. The van der Waals surface area contributed by atoms with Gasteiger partial charge in [0.05, 0.1) is 6.61 Å². The topological polar surface area (TPSA) is 62.4 Å². The van der Waals surface area contributed by atoms with E-state index in [0.29, 0.717) is 6.04 Å². The molecule has 0 saturated carbocycles. The summed E-state index contributed by atoms with van der Waals surface area (Å²) in [6.45, 7) is 4.99. The van der Waals surface area contributed by atoms with Crippen molar-refractivity contribution >= 4 is 0 Å². The fourth-order valence-electron chi connectivity index (χ4n) is 1.95. The molecule has 1 heterocycles. The molecule has 0 spiro atoms. The second-order valence-corrected chi connectivity index (χ2v) is 5.42. The van der Waals surface area contributed by atoms with Crippen LogP contribution in [-0.4, -0.2) is 46.8 Å². The maximum atomic E-state index is 9.18. The van der Waals surface area contributed by atoms with Crippen LogP contribution in [0.3, 0.4) is 0 Å². The van der Waals surface area contributed by atoms with E-state index in [-0.39, 0.29) is 6.61 Å². The molecule has 4 nitrogen and oxygen atoms in total. The van der Waals surface area contributed by atoms with Gasteiger partial charge in [-0.3, -0.25) is 4.98 Å². The van der Waals surface area contributed by atoms with E-state index < -0.39 is 5.54 Å². The van der Waals surface area contributed by atoms with E-state index in [1.807, 2.05) is 31.3 Å². The number of nitrogens with two attached hydrogens (primary N) is 1. The Hall–Kier alpha value is -0.970. The molecule has 0 fully saturated rings. The van der Waals surface area contributed by atoms with E-state index in [1.165, 1.54) is 0 Å². The summed E-state index contributed by atoms with van der Waals surface area (Å²) in [5.41, 5.74) is 6.58. The lowest BCUT2D eigenvalue weighted by Crippen LogP contribution is -2.46. The fourth-order valence-corrected chi connectivity index (χ4v) is 1.95. The third kappa shape index (κ3) is 5.12. The minimum atomic E-state index is -0.501. The van der Waals surface area contributed by atoms with Gasteiger partial charge in [0, 0.05) is 36.4 Å². The van der Waals surface area contributed by atoms with E-state index in [0.717, 1.165) is 25.1 Å². The van der Waals surface area contributed by atoms with Crippen molar-refractivity contribution in [2.75, 3.05) is 20.2 Å². The van der Waals surface area contributed by atoms with Gasteiger partial charge in [0.2, 0.25) is 0 Å². The first kappa shape index (κ1) is 15.1. The zero-order valence-electron chi connectivity index (χ0n) is 11.6. The second-order valence-electron chi connectivity index (χ2n) is 5.42. The standard InChI is InChI=1S/C14H25N3O/c1-12(10-14(2,15)11-18)17(3)9-7-13-6-4-5-8-16-13/h4-6,8,12,18H,7,9-11,15H2,1-3H3. The van der Waals surface area contributed by atoms with E-state index in [4.69, 9.17) is 5.73 Å². The molecule has 2 unspecified atom stereocenters. The van der Waals surface area contributed by atoms with Crippen molar-refractivity contribution in [2.45, 2.75) is 38.3 Å². The van der Waals surface area contributed by atoms with Gasteiger partial charge in [-0.05, 0) is 39.4 Å². The summed E-state index contributed by atoms with van der Waals surface area (Å²) in [7, 11) is 2.08. The van der Waals surface area contributed by atoms with Crippen LogP contribution >= 0.6 is 0 Å². The molecule has 4 heteroatoms. The first-order valence-corrected chi connectivity index (χ1v) is 6.44. The van der Waals surface area contributed by atoms with Crippen LogP contribution < -0.4 is 5.73 Å². The Morgan fingerprint density at radius 2 is 2.22 bits per heavy atom. The highest BCUT2D eigenvalue weighted by atomic mass is 16.3. The molecule has 0 amide bonds. The molecular formula is C14H25N3O. The van der Waals surface area contributed by atoms with Gasteiger partial charge < -0.3 is 15.7 Å². The number of hydrogen-bond donors (Lipinski definition) is 2. The number of hydrogen-bond acceptors (Lipinski definition) is 4. The number of aliphatic hydroxyl groups is 1. The number of aliphatic hydroxyl groups excluding tert-OH is 1. The van der Waals surface area contributed by atoms with Gasteiger partial charge in [-0.1, -0.05) is 6.07 Å². The summed E-state index contributed by atoms with van der Waals surface area (Å²) in [4.78, 5) is 6.57. The van der Waals surface area contributed by atoms with Crippen molar-refractivity contribution in [2.24, 2.45) is 5.73 Å². The number of aromatic nitrogens is 1. The van der Waals surface area contributed by atoms with Crippen molar-refractivity contribution in [3.05, 3.63) is 30.1 Å². The smallest absolute Gasteiger partial charge is 0.0609 e. The maximum Gasteiger partial charge on any atom is 0.0609 e. The molecule has 0 bridgehead atoms. The molecular weight excluding hydrogens is 226 g/mol. The molecule has 18 heavy (non-hydrogen) atoms. The third-order valence-corrected chi connectivity index (χ3v) is 3.32. The van der Waals surface area contributed by atoms with Gasteiger partial charge in [-0.15, -0.1) is 0 Å². The fraction of sp³-hybridized carbons (Fsp3) is 0.643. The predicted octanol–water partition coefficient (Wildman–Crippen LogP) is 1.04. The van der Waals surface area contributed by atoms with Crippen LogP contribution in [0.15, 0.2) is 24.4 Å². The Morgan fingerprint density at radius 1 is 1.50 bits per heavy atom. The largest absolute Gasteiger partial charge is 0.394 e. The Balaban J connectivity index is 2.38. The average Bonchev–Trinajstić information content (AvgIpc) is 2.36. The van der Waals surface area contributed by atoms with Gasteiger partial charge in [-0.25, -0.2) is 0 Å². The zero-order valence-corrected chi connectivity index (χ0v) is 11.6. The SMILES string of the molecule is CC(CC(C)(N)CO)N(C)CCc1ccccn1. The van der Waals surface area contributed by atoms with E-state index in [1.54, 1.807) is 0 Å². The number of pyridine rings is 1. The zero-order chi connectivity index (χ0) is 13.6. The Labute approximate surface area is 110 Å². The van der Waals surface area contributed by atoms with Crippen LogP contribution in [0.2, 0.25) is 0 Å². The molecule has 102 valence electrons. The quantitative estimate of drug-likeness (QED) is 0.760.